The number of unbranched alkanes of at least 4 members (excludes halogenated alkanes) is 42. The molecule has 17 nitrogen and oxygen atoms in total. The molecule has 0 aromatic rings. The van der Waals surface area contributed by atoms with Crippen molar-refractivity contribution in [2.45, 2.75) is 394 Å². The molecule has 92 heavy (non-hydrogen) atoms. The summed E-state index contributed by atoms with van der Waals surface area (Å²) < 4.78 is 68.2. The predicted octanol–water partition coefficient (Wildman–Crippen LogP) is 21.2. The zero-order valence-electron chi connectivity index (χ0n) is 59.9. The van der Waals surface area contributed by atoms with Gasteiger partial charge in [0.05, 0.1) is 26.4 Å². The molecular weight excluding hydrogens is 1210 g/mol. The van der Waals surface area contributed by atoms with Crippen LogP contribution in [0.5, 0.6) is 0 Å². The predicted molar refractivity (Wildman–Crippen MR) is 372 cm³/mol. The Morgan fingerprint density at radius 3 is 0.739 bits per heavy atom. The fourth-order valence-electron chi connectivity index (χ4n) is 11.1. The maximum atomic E-state index is 13.1. The van der Waals surface area contributed by atoms with Crippen LogP contribution >= 0.6 is 15.6 Å². The smallest absolute Gasteiger partial charge is 0.462 e. The summed E-state index contributed by atoms with van der Waals surface area (Å²) in [7, 11) is -9.89. The van der Waals surface area contributed by atoms with Crippen molar-refractivity contribution < 1.29 is 80.2 Å². The van der Waals surface area contributed by atoms with E-state index in [0.29, 0.717) is 25.7 Å². The maximum Gasteiger partial charge on any atom is 0.472 e. The van der Waals surface area contributed by atoms with Crippen LogP contribution in [0.1, 0.15) is 375 Å². The minimum atomic E-state index is -4.95. The topological polar surface area (TPSA) is 237 Å². The molecule has 0 aromatic carbocycles. The van der Waals surface area contributed by atoms with E-state index in [1.54, 1.807) is 0 Å². The first-order valence-electron chi connectivity index (χ1n) is 38.0. The van der Waals surface area contributed by atoms with Gasteiger partial charge >= 0.3 is 39.5 Å². The normalized spacial score (nSPS) is 14.1. The molecule has 0 aliphatic heterocycles. The van der Waals surface area contributed by atoms with E-state index in [2.05, 4.69) is 41.5 Å². The lowest BCUT2D eigenvalue weighted by Gasteiger charge is -2.21. The number of aliphatic hydroxyl groups is 1. The number of phosphoric ester groups is 2. The number of ether oxygens (including phenoxy) is 4. The highest BCUT2D eigenvalue weighted by atomic mass is 31.2. The van der Waals surface area contributed by atoms with Gasteiger partial charge in [-0.1, -0.05) is 324 Å². The first-order valence-corrected chi connectivity index (χ1v) is 41.0. The SMILES string of the molecule is CCCCCCCCCCCCCCCCCCCCC(=O)OC[C@H](COP(=O)(O)OC[C@@H](O)COP(=O)(O)OC[C@@H](COC(=O)CCCCCCC)OC(=O)CCCCCCCCCCC(C)C)OC(=O)CCCCCCCCCCCCCCCCCC(C)C. The van der Waals surface area contributed by atoms with Crippen LogP contribution in [-0.4, -0.2) is 96.7 Å². The second kappa shape index (κ2) is 65.0. The van der Waals surface area contributed by atoms with Crippen LogP contribution in [0.3, 0.4) is 0 Å². The Balaban J connectivity index is 5.14. The lowest BCUT2D eigenvalue weighted by atomic mass is 10.0. The first-order chi connectivity index (χ1) is 44.4. The monoisotopic (exact) mass is 1350 g/mol. The van der Waals surface area contributed by atoms with E-state index >= 15 is 0 Å². The number of carbonyl (C=O) groups is 4. The van der Waals surface area contributed by atoms with Crippen molar-refractivity contribution in [1.29, 1.82) is 0 Å². The van der Waals surface area contributed by atoms with Crippen LogP contribution in [0.4, 0.5) is 0 Å². The molecule has 0 saturated carbocycles. The van der Waals surface area contributed by atoms with E-state index in [1.807, 2.05) is 0 Å². The third kappa shape index (κ3) is 66.7. The van der Waals surface area contributed by atoms with Gasteiger partial charge in [-0.2, -0.15) is 0 Å². The number of phosphoric acid groups is 2. The molecule has 546 valence electrons. The number of hydrogen-bond donors (Lipinski definition) is 3. The second-order valence-electron chi connectivity index (χ2n) is 27.3. The quantitative estimate of drug-likeness (QED) is 0.0222. The average Bonchev–Trinajstić information content (AvgIpc) is 2.39. The molecular formula is C73H142O17P2. The number of carbonyl (C=O) groups excluding carboxylic acids is 4. The van der Waals surface area contributed by atoms with Crippen molar-refractivity contribution in [2.24, 2.45) is 11.8 Å². The molecule has 3 N–H and O–H groups in total. The van der Waals surface area contributed by atoms with E-state index in [4.69, 9.17) is 37.0 Å². The number of aliphatic hydroxyl groups excluding tert-OH is 1. The van der Waals surface area contributed by atoms with Gasteiger partial charge in [-0.3, -0.25) is 37.3 Å². The Labute approximate surface area is 562 Å². The molecule has 0 aliphatic rings. The highest BCUT2D eigenvalue weighted by molar-refractivity contribution is 7.47. The maximum absolute atomic E-state index is 13.1. The lowest BCUT2D eigenvalue weighted by Crippen LogP contribution is -2.30. The van der Waals surface area contributed by atoms with Crippen molar-refractivity contribution >= 4 is 39.5 Å². The first kappa shape index (κ1) is 90.1. The highest BCUT2D eigenvalue weighted by Crippen LogP contribution is 2.45. The van der Waals surface area contributed by atoms with Gasteiger partial charge in [0.2, 0.25) is 0 Å². The summed E-state index contributed by atoms with van der Waals surface area (Å²) in [5.41, 5.74) is 0. The summed E-state index contributed by atoms with van der Waals surface area (Å²) >= 11 is 0. The Bertz CT molecular complexity index is 1790. The lowest BCUT2D eigenvalue weighted by molar-refractivity contribution is -0.161. The Morgan fingerprint density at radius 2 is 0.500 bits per heavy atom. The van der Waals surface area contributed by atoms with Crippen molar-refractivity contribution in [3.05, 3.63) is 0 Å². The van der Waals surface area contributed by atoms with Gasteiger partial charge < -0.3 is 33.8 Å². The number of rotatable bonds is 72. The molecule has 0 saturated heterocycles. The van der Waals surface area contributed by atoms with E-state index < -0.39 is 97.5 Å². The zero-order chi connectivity index (χ0) is 67.9. The molecule has 19 heteroatoms. The van der Waals surface area contributed by atoms with Crippen molar-refractivity contribution in [1.82, 2.24) is 0 Å². The summed E-state index contributed by atoms with van der Waals surface area (Å²) in [4.78, 5) is 72.4. The van der Waals surface area contributed by atoms with Crippen LogP contribution in [0.25, 0.3) is 0 Å². The van der Waals surface area contributed by atoms with Gasteiger partial charge in [0, 0.05) is 25.7 Å². The fraction of sp³-hybridized carbons (Fsp3) is 0.945. The Hall–Kier alpha value is -1.94. The van der Waals surface area contributed by atoms with E-state index in [-0.39, 0.29) is 25.7 Å². The third-order valence-electron chi connectivity index (χ3n) is 17.0. The minimum absolute atomic E-state index is 0.104. The van der Waals surface area contributed by atoms with Crippen molar-refractivity contribution in [3.8, 4) is 0 Å². The largest absolute Gasteiger partial charge is 0.472 e. The molecule has 0 rings (SSSR count). The Morgan fingerprint density at radius 1 is 0.293 bits per heavy atom. The van der Waals surface area contributed by atoms with Crippen LogP contribution in [-0.2, 0) is 65.4 Å². The van der Waals surface area contributed by atoms with Gasteiger partial charge in [0.1, 0.15) is 19.3 Å². The molecule has 0 fully saturated rings. The van der Waals surface area contributed by atoms with Gasteiger partial charge in [0.15, 0.2) is 12.2 Å². The zero-order valence-corrected chi connectivity index (χ0v) is 61.6. The van der Waals surface area contributed by atoms with E-state index in [1.165, 1.54) is 186 Å². The van der Waals surface area contributed by atoms with Crippen molar-refractivity contribution in [2.75, 3.05) is 39.6 Å². The number of esters is 4. The molecule has 2 unspecified atom stereocenters. The molecule has 0 radical (unpaired) electrons. The summed E-state index contributed by atoms with van der Waals surface area (Å²) in [5, 5.41) is 10.6. The molecule has 0 bridgehead atoms. The minimum Gasteiger partial charge on any atom is -0.462 e. The standard InChI is InChI=1S/C73H142O17P2/c1-7-9-11-13-14-15-16-17-18-19-20-23-26-29-32-38-44-50-56-71(76)84-62-69(90-72(77)57-51-45-39-33-30-27-24-21-22-25-28-31-36-42-47-53-65(3)4)64-88-92(81,82)86-60-67(74)59-85-91(79,80)87-63-68(61-83-70(75)55-49-41-12-10-8-2)89-73(78)58-52-46-40-35-34-37-43-48-54-66(5)6/h65-69,74H,7-64H2,1-6H3,(H,79,80)(H,81,82)/t67-,68+,69+/m0/s1. The van der Waals surface area contributed by atoms with Crippen LogP contribution in [0, 0.1) is 11.8 Å². The van der Waals surface area contributed by atoms with Gasteiger partial charge in [-0.05, 0) is 37.5 Å². The summed E-state index contributed by atoms with van der Waals surface area (Å²) in [6, 6.07) is 0. The molecule has 0 amide bonds. The molecule has 5 atom stereocenters. The third-order valence-corrected chi connectivity index (χ3v) is 18.9. The van der Waals surface area contributed by atoms with E-state index in [9.17, 15) is 43.2 Å². The van der Waals surface area contributed by atoms with E-state index in [0.717, 1.165) is 108 Å². The summed E-state index contributed by atoms with van der Waals surface area (Å²) in [5.74, 6) is -0.612. The van der Waals surface area contributed by atoms with Crippen LogP contribution < -0.4 is 0 Å². The second-order valence-corrected chi connectivity index (χ2v) is 30.2. The van der Waals surface area contributed by atoms with Gasteiger partial charge in [-0.25, -0.2) is 9.13 Å². The summed E-state index contributed by atoms with van der Waals surface area (Å²) in [6.07, 6.45) is 51.9. The molecule has 0 heterocycles. The molecule has 0 aliphatic carbocycles. The fourth-order valence-corrected chi connectivity index (χ4v) is 12.7. The Kier molecular flexibility index (Phi) is 63.7. The van der Waals surface area contributed by atoms with Gasteiger partial charge in [-0.15, -0.1) is 0 Å². The van der Waals surface area contributed by atoms with Crippen molar-refractivity contribution in [3.63, 3.8) is 0 Å². The summed E-state index contributed by atoms with van der Waals surface area (Å²) in [6.45, 7) is 9.47. The molecule has 0 spiro atoms. The number of hydrogen-bond acceptors (Lipinski definition) is 15. The molecule has 0 aromatic heterocycles. The van der Waals surface area contributed by atoms with Crippen LogP contribution in [0.2, 0.25) is 0 Å². The average molecular weight is 1350 g/mol. The van der Waals surface area contributed by atoms with Crippen LogP contribution in [0.15, 0.2) is 0 Å². The highest BCUT2D eigenvalue weighted by Gasteiger charge is 2.30. The van der Waals surface area contributed by atoms with Gasteiger partial charge in [0.25, 0.3) is 0 Å².